The first-order chi connectivity index (χ1) is 11.4. The summed E-state index contributed by atoms with van der Waals surface area (Å²) in [4.78, 5) is 0.211. The molecule has 2 aromatic carbocycles. The van der Waals surface area contributed by atoms with E-state index in [1.807, 2.05) is 13.0 Å². The number of benzene rings is 2. The molecule has 6 heteroatoms. The Balaban J connectivity index is 1.82. The molecule has 24 heavy (non-hydrogen) atoms. The molecule has 0 saturated carbocycles. The van der Waals surface area contributed by atoms with Crippen LogP contribution in [0.5, 0.6) is 5.75 Å². The van der Waals surface area contributed by atoms with Crippen LogP contribution in [0.1, 0.15) is 36.1 Å². The summed E-state index contributed by atoms with van der Waals surface area (Å²) in [5.41, 5.74) is 3.71. The Kier molecular flexibility index (Phi) is 4.99. The van der Waals surface area contributed by atoms with E-state index in [2.05, 4.69) is 32.8 Å². The van der Waals surface area contributed by atoms with Crippen molar-refractivity contribution in [2.24, 2.45) is 0 Å². The monoisotopic (exact) mass is 409 g/mol. The lowest BCUT2D eigenvalue weighted by molar-refractivity contribution is 0.411. The van der Waals surface area contributed by atoms with E-state index in [1.54, 1.807) is 25.3 Å². The number of hydrogen-bond donors (Lipinski definition) is 1. The van der Waals surface area contributed by atoms with E-state index in [9.17, 15) is 8.42 Å². The van der Waals surface area contributed by atoms with E-state index in [-0.39, 0.29) is 10.9 Å². The lowest BCUT2D eigenvalue weighted by atomic mass is 10.0. The van der Waals surface area contributed by atoms with Crippen LogP contribution >= 0.6 is 15.9 Å². The first-order valence-electron chi connectivity index (χ1n) is 7.88. The van der Waals surface area contributed by atoms with Gasteiger partial charge in [0.05, 0.1) is 16.5 Å². The number of rotatable bonds is 5. The van der Waals surface area contributed by atoms with Crippen molar-refractivity contribution in [1.29, 1.82) is 0 Å². The summed E-state index contributed by atoms with van der Waals surface area (Å²) in [5, 5.41) is 0. The summed E-state index contributed by atoms with van der Waals surface area (Å²) < 4.78 is 33.8. The van der Waals surface area contributed by atoms with Crippen LogP contribution in [0, 0.1) is 0 Å². The second-order valence-electron chi connectivity index (χ2n) is 6.02. The zero-order chi connectivity index (χ0) is 17.3. The predicted molar refractivity (Wildman–Crippen MR) is 97.9 cm³/mol. The summed E-state index contributed by atoms with van der Waals surface area (Å²) >= 11 is 3.33. The van der Waals surface area contributed by atoms with Gasteiger partial charge in [0, 0.05) is 6.04 Å². The van der Waals surface area contributed by atoms with Gasteiger partial charge < -0.3 is 4.74 Å². The Morgan fingerprint density at radius 3 is 2.58 bits per heavy atom. The van der Waals surface area contributed by atoms with E-state index in [1.165, 1.54) is 17.5 Å². The average molecular weight is 410 g/mol. The third kappa shape index (κ3) is 3.50. The van der Waals surface area contributed by atoms with Gasteiger partial charge in [0.1, 0.15) is 5.75 Å². The minimum atomic E-state index is -3.60. The van der Waals surface area contributed by atoms with Crippen molar-refractivity contribution in [3.05, 3.63) is 57.6 Å². The van der Waals surface area contributed by atoms with Crippen LogP contribution in [0.3, 0.4) is 0 Å². The molecular formula is C18H20BrNO3S. The smallest absolute Gasteiger partial charge is 0.241 e. The maximum absolute atomic E-state index is 12.6. The van der Waals surface area contributed by atoms with E-state index < -0.39 is 10.0 Å². The predicted octanol–water partition coefficient (Wildman–Crippen LogP) is 3.99. The van der Waals surface area contributed by atoms with Crippen molar-refractivity contribution < 1.29 is 13.2 Å². The van der Waals surface area contributed by atoms with Crippen molar-refractivity contribution in [2.75, 3.05) is 7.11 Å². The van der Waals surface area contributed by atoms with Crippen LogP contribution in [-0.4, -0.2) is 15.5 Å². The summed E-state index contributed by atoms with van der Waals surface area (Å²) in [6.07, 6.45) is 3.38. The molecule has 2 aromatic rings. The molecule has 1 N–H and O–H groups in total. The van der Waals surface area contributed by atoms with Gasteiger partial charge in [0.15, 0.2) is 0 Å². The molecule has 1 atom stereocenters. The van der Waals surface area contributed by atoms with Gasteiger partial charge in [-0.3, -0.25) is 0 Å². The molecular weight excluding hydrogens is 390 g/mol. The molecule has 1 aliphatic rings. The molecule has 128 valence electrons. The van der Waals surface area contributed by atoms with Gasteiger partial charge in [0.2, 0.25) is 10.0 Å². The zero-order valence-corrected chi connectivity index (χ0v) is 16.1. The molecule has 0 heterocycles. The van der Waals surface area contributed by atoms with Crippen LogP contribution in [0.4, 0.5) is 0 Å². The van der Waals surface area contributed by atoms with Gasteiger partial charge in [-0.1, -0.05) is 18.2 Å². The Labute approximate surface area is 151 Å². The molecule has 1 aliphatic carbocycles. The number of nitrogens with one attached hydrogen (secondary N) is 1. The highest BCUT2D eigenvalue weighted by Crippen LogP contribution is 2.29. The second-order valence-corrected chi connectivity index (χ2v) is 8.59. The minimum absolute atomic E-state index is 0.211. The maximum atomic E-state index is 12.6. The highest BCUT2D eigenvalue weighted by atomic mass is 79.9. The second kappa shape index (κ2) is 6.86. The Bertz CT molecular complexity index is 865. The molecule has 0 spiro atoms. The van der Waals surface area contributed by atoms with Gasteiger partial charge >= 0.3 is 0 Å². The van der Waals surface area contributed by atoms with Crippen LogP contribution in [0.25, 0.3) is 0 Å². The standard InChI is InChI=1S/C18H20BrNO3S/c1-12(14-7-6-13-4-3-5-15(13)10-14)20-24(21,22)16-8-9-18(23-2)17(19)11-16/h6-12,20H,3-5H2,1-2H3/t12-/m0/s1. The molecule has 0 radical (unpaired) electrons. The summed E-state index contributed by atoms with van der Waals surface area (Å²) in [6, 6.07) is 10.7. The number of methoxy groups -OCH3 is 1. The zero-order valence-electron chi connectivity index (χ0n) is 13.7. The highest BCUT2D eigenvalue weighted by Gasteiger charge is 2.21. The van der Waals surface area contributed by atoms with Crippen LogP contribution < -0.4 is 9.46 Å². The fraction of sp³-hybridized carbons (Fsp3) is 0.333. The van der Waals surface area contributed by atoms with Gasteiger partial charge in [-0.25, -0.2) is 13.1 Å². The third-order valence-corrected chi connectivity index (χ3v) is 6.55. The first kappa shape index (κ1) is 17.5. The quantitative estimate of drug-likeness (QED) is 0.811. The molecule has 0 amide bonds. The lowest BCUT2D eigenvalue weighted by Gasteiger charge is -2.16. The molecule has 0 bridgehead atoms. The fourth-order valence-electron chi connectivity index (χ4n) is 3.04. The largest absolute Gasteiger partial charge is 0.496 e. The summed E-state index contributed by atoms with van der Waals surface area (Å²) in [6.45, 7) is 1.87. The Morgan fingerprint density at radius 1 is 1.12 bits per heavy atom. The van der Waals surface area contributed by atoms with E-state index in [4.69, 9.17) is 4.74 Å². The average Bonchev–Trinajstić information content (AvgIpc) is 3.01. The number of sulfonamides is 1. The minimum Gasteiger partial charge on any atom is -0.496 e. The van der Waals surface area contributed by atoms with Crippen molar-refractivity contribution in [3.8, 4) is 5.75 Å². The lowest BCUT2D eigenvalue weighted by Crippen LogP contribution is -2.27. The number of aryl methyl sites for hydroxylation is 2. The maximum Gasteiger partial charge on any atom is 0.241 e. The SMILES string of the molecule is COc1ccc(S(=O)(=O)N[C@@H](C)c2ccc3c(c2)CCC3)cc1Br. The van der Waals surface area contributed by atoms with E-state index in [0.29, 0.717) is 10.2 Å². The number of hydrogen-bond acceptors (Lipinski definition) is 3. The van der Waals surface area contributed by atoms with E-state index >= 15 is 0 Å². The highest BCUT2D eigenvalue weighted by molar-refractivity contribution is 9.10. The van der Waals surface area contributed by atoms with Gasteiger partial charge in [-0.2, -0.15) is 0 Å². The molecule has 0 aromatic heterocycles. The molecule has 0 saturated heterocycles. The van der Waals surface area contributed by atoms with E-state index in [0.717, 1.165) is 18.4 Å². The third-order valence-electron chi connectivity index (χ3n) is 4.39. The first-order valence-corrected chi connectivity index (χ1v) is 10.2. The molecule has 3 rings (SSSR count). The summed E-state index contributed by atoms with van der Waals surface area (Å²) in [7, 11) is -2.06. The van der Waals surface area contributed by atoms with Crippen molar-refractivity contribution in [3.63, 3.8) is 0 Å². The Hall–Kier alpha value is -1.37. The topological polar surface area (TPSA) is 55.4 Å². The summed E-state index contributed by atoms with van der Waals surface area (Å²) in [5.74, 6) is 0.598. The van der Waals surface area contributed by atoms with Crippen molar-refractivity contribution in [2.45, 2.75) is 37.1 Å². The van der Waals surface area contributed by atoms with Crippen molar-refractivity contribution in [1.82, 2.24) is 4.72 Å². The van der Waals surface area contributed by atoms with Crippen LogP contribution in [0.15, 0.2) is 45.8 Å². The van der Waals surface area contributed by atoms with Gasteiger partial charge in [0.25, 0.3) is 0 Å². The molecule has 0 fully saturated rings. The fourth-order valence-corrected chi connectivity index (χ4v) is 4.99. The molecule has 0 aliphatic heterocycles. The normalized spacial score (nSPS) is 15.1. The number of halogens is 1. The molecule has 4 nitrogen and oxygen atoms in total. The number of fused-ring (bicyclic) bond motifs is 1. The Morgan fingerprint density at radius 2 is 1.88 bits per heavy atom. The van der Waals surface area contributed by atoms with Crippen LogP contribution in [0.2, 0.25) is 0 Å². The van der Waals surface area contributed by atoms with Crippen molar-refractivity contribution >= 4 is 26.0 Å². The van der Waals surface area contributed by atoms with Crippen LogP contribution in [-0.2, 0) is 22.9 Å². The number of ether oxygens (including phenoxy) is 1. The van der Waals surface area contributed by atoms with Gasteiger partial charge in [-0.15, -0.1) is 0 Å². The molecule has 0 unspecified atom stereocenters. The van der Waals surface area contributed by atoms with Gasteiger partial charge in [-0.05, 0) is 77.0 Å².